The summed E-state index contributed by atoms with van der Waals surface area (Å²) in [4.78, 5) is 18.8. The van der Waals surface area contributed by atoms with Gasteiger partial charge in [-0.1, -0.05) is 12.1 Å². The van der Waals surface area contributed by atoms with Gasteiger partial charge in [-0.15, -0.1) is 0 Å². The summed E-state index contributed by atoms with van der Waals surface area (Å²) in [6.45, 7) is 0. The molecule has 2 heterocycles. The first kappa shape index (κ1) is 25.3. The highest BCUT2D eigenvalue weighted by Gasteiger charge is 2.31. The van der Waals surface area contributed by atoms with E-state index in [4.69, 9.17) is 15.4 Å². The van der Waals surface area contributed by atoms with Crippen molar-refractivity contribution < 1.29 is 26.8 Å². The van der Waals surface area contributed by atoms with Gasteiger partial charge in [0.25, 0.3) is 0 Å². The van der Waals surface area contributed by atoms with Crippen molar-refractivity contribution in [3.05, 3.63) is 112 Å². The molecule has 4 N–H and O–H groups in total. The smallest absolute Gasteiger partial charge is 0.416 e. The second-order valence-corrected chi connectivity index (χ2v) is 8.45. The lowest BCUT2D eigenvalue weighted by molar-refractivity contribution is -0.137. The molecule has 1 atom stereocenters. The fourth-order valence-electron chi connectivity index (χ4n) is 4.05. The van der Waals surface area contributed by atoms with Crippen LogP contribution in [0.25, 0.3) is 5.82 Å². The van der Waals surface area contributed by atoms with Crippen LogP contribution in [0.5, 0.6) is 0 Å². The molecule has 1 aliphatic rings. The van der Waals surface area contributed by atoms with Crippen LogP contribution in [-0.4, -0.2) is 6.03 Å². The number of carbonyl (C=O) groups is 1. The highest BCUT2D eigenvalue weighted by molar-refractivity contribution is 6.00. The molecule has 39 heavy (non-hydrogen) atoms. The van der Waals surface area contributed by atoms with Crippen molar-refractivity contribution in [3.8, 4) is 6.07 Å². The summed E-state index contributed by atoms with van der Waals surface area (Å²) in [5, 5.41) is 14.3. The fourth-order valence-corrected chi connectivity index (χ4v) is 4.05. The van der Waals surface area contributed by atoms with Gasteiger partial charge in [0, 0.05) is 11.4 Å². The molecule has 0 radical (unpaired) electrons. The van der Waals surface area contributed by atoms with Gasteiger partial charge in [0.2, 0.25) is 5.55 Å². The molecule has 0 spiro atoms. The van der Waals surface area contributed by atoms with Crippen LogP contribution >= 0.6 is 0 Å². The first-order chi connectivity index (χ1) is 18.6. The molecule has 0 saturated carbocycles. The normalized spacial score (nSPS) is 14.7. The number of urea groups is 1. The van der Waals surface area contributed by atoms with Gasteiger partial charge in [0.15, 0.2) is 6.17 Å². The van der Waals surface area contributed by atoms with Gasteiger partial charge in [0.05, 0.1) is 34.4 Å². The number of nitrogens with two attached hydrogens (primary N) is 1. The molecule has 0 bridgehead atoms. The Labute approximate surface area is 218 Å². The van der Waals surface area contributed by atoms with E-state index >= 15 is 0 Å². The molecule has 8 nitrogen and oxygen atoms in total. The van der Waals surface area contributed by atoms with Gasteiger partial charge in [-0.2, -0.15) is 18.4 Å². The van der Waals surface area contributed by atoms with Gasteiger partial charge >= 0.3 is 12.2 Å². The molecule has 12 heteroatoms. The molecule has 1 aliphatic heterocycles. The van der Waals surface area contributed by atoms with E-state index in [9.17, 15) is 22.4 Å². The number of hydrogen-bond donors (Lipinski definition) is 3. The van der Waals surface area contributed by atoms with Crippen molar-refractivity contribution in [2.75, 3.05) is 15.5 Å². The average molecular weight is 534 g/mol. The van der Waals surface area contributed by atoms with E-state index in [0.29, 0.717) is 46.0 Å². The Balaban J connectivity index is 1.39. The van der Waals surface area contributed by atoms with Gasteiger partial charge in [-0.3, -0.25) is 0 Å². The molecule has 3 aromatic carbocycles. The SMILES string of the molecule is N#Cc1ccc(C2N=c3occc3=C(N)N2c2ccc(NC(=O)Nc3cc(C(F)(F)F)ccc3F)cc2)cc1. The van der Waals surface area contributed by atoms with Crippen molar-refractivity contribution in [2.24, 2.45) is 10.7 Å². The molecule has 5 rings (SSSR count). The zero-order valence-corrected chi connectivity index (χ0v) is 19.8. The number of alkyl halides is 3. The lowest BCUT2D eigenvalue weighted by Crippen LogP contribution is -2.43. The number of anilines is 3. The molecule has 1 unspecified atom stereocenters. The molecule has 0 aliphatic carbocycles. The van der Waals surface area contributed by atoms with E-state index < -0.39 is 35.4 Å². The van der Waals surface area contributed by atoms with Crippen molar-refractivity contribution in [2.45, 2.75) is 12.3 Å². The third kappa shape index (κ3) is 5.10. The number of nitrogens with one attached hydrogen (secondary N) is 2. The van der Waals surface area contributed by atoms with Crippen LogP contribution in [0.1, 0.15) is 22.9 Å². The lowest BCUT2D eigenvalue weighted by atomic mass is 10.1. The minimum absolute atomic E-state index is 0.287. The third-order valence-corrected chi connectivity index (χ3v) is 5.95. The Kier molecular flexibility index (Phi) is 6.41. The highest BCUT2D eigenvalue weighted by atomic mass is 19.4. The van der Waals surface area contributed by atoms with Gasteiger partial charge < -0.3 is 25.7 Å². The first-order valence-corrected chi connectivity index (χ1v) is 11.4. The maximum atomic E-state index is 14.0. The van der Waals surface area contributed by atoms with Gasteiger partial charge in [-0.25, -0.2) is 14.2 Å². The molecule has 2 amide bonds. The minimum Gasteiger partial charge on any atom is -0.446 e. The zero-order chi connectivity index (χ0) is 27.7. The summed E-state index contributed by atoms with van der Waals surface area (Å²) < 4.78 is 58.3. The van der Waals surface area contributed by atoms with E-state index in [1.54, 1.807) is 59.5 Å². The average Bonchev–Trinajstić information content (AvgIpc) is 3.39. The molecule has 4 aromatic rings. The van der Waals surface area contributed by atoms with Crippen LogP contribution in [0, 0.1) is 17.1 Å². The number of furan rings is 1. The Hall–Kier alpha value is -5.31. The first-order valence-electron chi connectivity index (χ1n) is 11.4. The van der Waals surface area contributed by atoms with Gasteiger partial charge in [-0.05, 0) is 66.2 Å². The van der Waals surface area contributed by atoms with E-state index in [1.165, 1.54) is 6.26 Å². The number of amides is 2. The summed E-state index contributed by atoms with van der Waals surface area (Å²) >= 11 is 0. The van der Waals surface area contributed by atoms with Crippen molar-refractivity contribution >= 4 is 28.9 Å². The molecule has 0 saturated heterocycles. The van der Waals surface area contributed by atoms with Crippen LogP contribution in [0.3, 0.4) is 0 Å². The Bertz CT molecular complexity index is 1710. The van der Waals surface area contributed by atoms with E-state index in [-0.39, 0.29) is 5.69 Å². The Morgan fingerprint density at radius 3 is 2.41 bits per heavy atom. The third-order valence-electron chi connectivity index (χ3n) is 5.95. The van der Waals surface area contributed by atoms with Crippen LogP contribution < -0.4 is 32.0 Å². The number of carbonyl (C=O) groups excluding carboxylic acids is 1. The number of nitrogens with zero attached hydrogens (tertiary/aromatic N) is 3. The predicted molar refractivity (Wildman–Crippen MR) is 134 cm³/mol. The molecular weight excluding hydrogens is 516 g/mol. The second kappa shape index (κ2) is 9.86. The molecule has 0 fully saturated rings. The summed E-state index contributed by atoms with van der Waals surface area (Å²) in [5.41, 5.74) is 7.25. The number of rotatable bonds is 4. The summed E-state index contributed by atoms with van der Waals surface area (Å²) in [6.07, 6.45) is -3.84. The second-order valence-electron chi connectivity index (χ2n) is 8.45. The highest BCUT2D eigenvalue weighted by Crippen LogP contribution is 2.33. The number of fused-ring (bicyclic) bond motifs is 1. The maximum absolute atomic E-state index is 14.0. The van der Waals surface area contributed by atoms with Crippen molar-refractivity contribution in [3.63, 3.8) is 0 Å². The standard InChI is InChI=1S/C27H18F4N6O2/c28-21-10-5-17(27(29,30)31)13-22(21)35-26(38)34-18-6-8-19(9-7-18)37-23(33)20-11-12-39-25(20)36-24(37)16-3-1-15(14-32)2-4-16/h1-13,24H,33H2,(H2,34,35,38). The van der Waals surface area contributed by atoms with Crippen molar-refractivity contribution in [1.82, 2.24) is 0 Å². The lowest BCUT2D eigenvalue weighted by Gasteiger charge is -2.33. The molecular formula is C27H18F4N6O2. The Morgan fingerprint density at radius 2 is 1.74 bits per heavy atom. The minimum atomic E-state index is -4.69. The molecule has 196 valence electrons. The Morgan fingerprint density at radius 1 is 1.03 bits per heavy atom. The number of hydrogen-bond acceptors (Lipinski definition) is 6. The van der Waals surface area contributed by atoms with Gasteiger partial charge in [0.1, 0.15) is 11.6 Å². The topological polar surface area (TPSA) is 120 Å². The largest absolute Gasteiger partial charge is 0.446 e. The van der Waals surface area contributed by atoms with Crippen LogP contribution in [0.2, 0.25) is 0 Å². The summed E-state index contributed by atoms with van der Waals surface area (Å²) in [7, 11) is 0. The zero-order valence-electron chi connectivity index (χ0n) is 19.8. The van der Waals surface area contributed by atoms with Crippen LogP contribution in [0.15, 0.2) is 88.5 Å². The number of halogens is 4. The summed E-state index contributed by atoms with van der Waals surface area (Å²) in [5.74, 6) is -0.651. The molecule has 1 aromatic heterocycles. The monoisotopic (exact) mass is 534 g/mol. The van der Waals surface area contributed by atoms with E-state index in [1.807, 2.05) is 0 Å². The van der Waals surface area contributed by atoms with Crippen LogP contribution in [0.4, 0.5) is 39.4 Å². The predicted octanol–water partition coefficient (Wildman–Crippen LogP) is 4.82. The maximum Gasteiger partial charge on any atom is 0.416 e. The van der Waals surface area contributed by atoms with E-state index in [2.05, 4.69) is 21.7 Å². The number of nitriles is 1. The fraction of sp³-hybridized carbons (Fsp3) is 0.0741. The summed E-state index contributed by atoms with van der Waals surface area (Å²) in [6, 6.07) is 17.8. The van der Waals surface area contributed by atoms with Crippen molar-refractivity contribution in [1.29, 1.82) is 5.26 Å². The number of benzene rings is 3. The quantitative estimate of drug-likeness (QED) is 0.325. The van der Waals surface area contributed by atoms with E-state index in [0.717, 1.165) is 5.56 Å². The van der Waals surface area contributed by atoms with Crippen LogP contribution in [-0.2, 0) is 6.18 Å².